The summed E-state index contributed by atoms with van der Waals surface area (Å²) in [5, 5.41) is 2.80. The maximum atomic E-state index is 14.1. The van der Waals surface area contributed by atoms with Crippen molar-refractivity contribution in [2.75, 3.05) is 6.61 Å². The van der Waals surface area contributed by atoms with Gasteiger partial charge in [-0.3, -0.25) is 4.79 Å². The fraction of sp³-hybridized carbons (Fsp3) is 0.130. The van der Waals surface area contributed by atoms with E-state index in [-0.39, 0.29) is 34.6 Å². The lowest BCUT2D eigenvalue weighted by Crippen LogP contribution is -2.23. The number of sulfone groups is 1. The quantitative estimate of drug-likeness (QED) is 0.462. The van der Waals surface area contributed by atoms with Gasteiger partial charge in [0.05, 0.1) is 22.0 Å². The highest BCUT2D eigenvalue weighted by molar-refractivity contribution is 7.91. The minimum atomic E-state index is -3.89. The van der Waals surface area contributed by atoms with Gasteiger partial charge in [0.25, 0.3) is 5.91 Å². The van der Waals surface area contributed by atoms with Crippen molar-refractivity contribution in [1.29, 1.82) is 0 Å². The predicted octanol–water partition coefficient (Wildman–Crippen LogP) is 3.63. The smallest absolute Gasteiger partial charge is 0.253 e. The summed E-state index contributed by atoms with van der Waals surface area (Å²) in [7, 11) is -3.89. The summed E-state index contributed by atoms with van der Waals surface area (Å²) in [4.78, 5) is 16.4. The van der Waals surface area contributed by atoms with E-state index in [1.165, 1.54) is 24.3 Å². The monoisotopic (exact) mass is 453 g/mol. The molecular weight excluding hydrogens is 433 g/mol. The number of benzene rings is 2. The van der Waals surface area contributed by atoms with E-state index in [1.54, 1.807) is 54.2 Å². The van der Waals surface area contributed by atoms with Crippen LogP contribution < -0.4 is 10.1 Å². The first-order chi connectivity index (χ1) is 15.4. The number of hydrogen-bond acceptors (Lipinski definition) is 5. The number of halogens is 1. The number of fused-ring (bicyclic) bond motifs is 1. The average molecular weight is 453 g/mol. The molecule has 0 aliphatic heterocycles. The molecular formula is C23H20FN3O4S. The number of nitrogens with one attached hydrogen (secondary N) is 1. The highest BCUT2D eigenvalue weighted by Crippen LogP contribution is 2.26. The molecule has 0 fully saturated rings. The fourth-order valence-electron chi connectivity index (χ4n) is 3.18. The summed E-state index contributed by atoms with van der Waals surface area (Å²) in [6.45, 7) is 2.21. The number of nitrogens with zero attached hydrogens (tertiary/aromatic N) is 2. The molecule has 1 N–H and O–H groups in total. The highest BCUT2D eigenvalue weighted by atomic mass is 32.2. The van der Waals surface area contributed by atoms with Crippen molar-refractivity contribution in [3.8, 4) is 5.75 Å². The van der Waals surface area contributed by atoms with Crippen molar-refractivity contribution in [3.63, 3.8) is 0 Å². The van der Waals surface area contributed by atoms with E-state index in [0.29, 0.717) is 5.56 Å². The molecule has 0 aliphatic rings. The summed E-state index contributed by atoms with van der Waals surface area (Å²) in [6.07, 6.45) is 5.08. The molecule has 2 aromatic heterocycles. The Morgan fingerprint density at radius 3 is 2.56 bits per heavy atom. The van der Waals surface area contributed by atoms with Crippen molar-refractivity contribution >= 4 is 21.4 Å². The van der Waals surface area contributed by atoms with Gasteiger partial charge in [-0.25, -0.2) is 17.8 Å². The Hall–Kier alpha value is -3.72. The van der Waals surface area contributed by atoms with E-state index in [1.807, 2.05) is 0 Å². The standard InChI is InChI=1S/C23H20FN3O4S/c1-2-31-21-9-8-19(13-20(21)24)32(29,30)18-6-3-16(4-7-18)14-26-23(28)17-5-10-22-25-11-12-27(22)15-17/h3-13,15H,2,14H2,1H3,(H,26,28). The van der Waals surface area contributed by atoms with E-state index >= 15 is 0 Å². The van der Waals surface area contributed by atoms with Crippen LogP contribution in [0.1, 0.15) is 22.8 Å². The van der Waals surface area contributed by atoms with Crippen LogP contribution >= 0.6 is 0 Å². The van der Waals surface area contributed by atoms with Gasteiger partial charge in [0.2, 0.25) is 9.84 Å². The van der Waals surface area contributed by atoms with Crippen molar-refractivity contribution in [3.05, 3.63) is 90.1 Å². The molecule has 1 amide bonds. The van der Waals surface area contributed by atoms with Crippen LogP contribution in [0.25, 0.3) is 5.65 Å². The Labute approximate surface area is 184 Å². The number of hydrogen-bond donors (Lipinski definition) is 1. The van der Waals surface area contributed by atoms with Crippen LogP contribution in [-0.4, -0.2) is 30.3 Å². The van der Waals surface area contributed by atoms with Gasteiger partial charge >= 0.3 is 0 Å². The van der Waals surface area contributed by atoms with Crippen molar-refractivity contribution < 1.29 is 22.3 Å². The molecule has 0 bridgehead atoms. The summed E-state index contributed by atoms with van der Waals surface area (Å²) in [5.41, 5.74) is 1.94. The van der Waals surface area contributed by atoms with Crippen molar-refractivity contribution in [2.45, 2.75) is 23.3 Å². The topological polar surface area (TPSA) is 89.8 Å². The number of aromatic nitrogens is 2. The van der Waals surface area contributed by atoms with Gasteiger partial charge in [-0.05, 0) is 55.0 Å². The molecule has 164 valence electrons. The maximum Gasteiger partial charge on any atom is 0.253 e. The third-order valence-electron chi connectivity index (χ3n) is 4.85. The molecule has 2 heterocycles. The Bertz CT molecular complexity index is 1380. The molecule has 9 heteroatoms. The van der Waals surface area contributed by atoms with Gasteiger partial charge in [0, 0.05) is 25.1 Å². The molecule has 0 saturated heterocycles. The number of imidazole rings is 1. The number of rotatable bonds is 7. The average Bonchev–Trinajstić information content (AvgIpc) is 3.27. The van der Waals surface area contributed by atoms with Crippen molar-refractivity contribution in [1.82, 2.24) is 14.7 Å². The first kappa shape index (κ1) is 21.5. The lowest BCUT2D eigenvalue weighted by Gasteiger charge is -2.09. The van der Waals surface area contributed by atoms with E-state index in [9.17, 15) is 17.6 Å². The second-order valence-corrected chi connectivity index (χ2v) is 8.92. The van der Waals surface area contributed by atoms with E-state index in [0.717, 1.165) is 17.3 Å². The number of carbonyl (C=O) groups is 1. The third-order valence-corrected chi connectivity index (χ3v) is 6.62. The summed E-state index contributed by atoms with van der Waals surface area (Å²) in [5.74, 6) is -0.993. The van der Waals surface area contributed by atoms with E-state index in [4.69, 9.17) is 4.74 Å². The molecule has 0 saturated carbocycles. The fourth-order valence-corrected chi connectivity index (χ4v) is 4.45. The molecule has 0 atom stereocenters. The maximum absolute atomic E-state index is 14.1. The molecule has 2 aromatic carbocycles. The third kappa shape index (κ3) is 4.33. The van der Waals surface area contributed by atoms with Crippen LogP contribution in [0.4, 0.5) is 4.39 Å². The SMILES string of the molecule is CCOc1ccc(S(=O)(=O)c2ccc(CNC(=O)c3ccc4nccn4c3)cc2)cc1F. The van der Waals surface area contributed by atoms with Gasteiger partial charge in [-0.2, -0.15) is 0 Å². The Kier molecular flexibility index (Phi) is 5.91. The zero-order chi connectivity index (χ0) is 22.7. The lowest BCUT2D eigenvalue weighted by molar-refractivity contribution is 0.0950. The molecule has 0 unspecified atom stereocenters. The van der Waals surface area contributed by atoms with Crippen LogP contribution in [0.15, 0.2) is 83.0 Å². The van der Waals surface area contributed by atoms with E-state index in [2.05, 4.69) is 10.3 Å². The number of amides is 1. The minimum absolute atomic E-state index is 0.00438. The van der Waals surface area contributed by atoms with Gasteiger partial charge in [0.15, 0.2) is 11.6 Å². The molecule has 4 aromatic rings. The molecule has 0 aliphatic carbocycles. The molecule has 32 heavy (non-hydrogen) atoms. The second kappa shape index (κ2) is 8.80. The van der Waals surface area contributed by atoms with Gasteiger partial charge in [-0.1, -0.05) is 12.1 Å². The van der Waals surface area contributed by atoms with Crippen LogP contribution in [-0.2, 0) is 16.4 Å². The lowest BCUT2D eigenvalue weighted by atomic mass is 10.2. The summed E-state index contributed by atoms with van der Waals surface area (Å²) >= 11 is 0. The van der Waals surface area contributed by atoms with Gasteiger partial charge < -0.3 is 14.5 Å². The minimum Gasteiger partial charge on any atom is -0.491 e. The highest BCUT2D eigenvalue weighted by Gasteiger charge is 2.20. The van der Waals surface area contributed by atoms with Crippen LogP contribution in [0.2, 0.25) is 0 Å². The number of pyridine rings is 1. The summed E-state index contributed by atoms with van der Waals surface area (Å²) in [6, 6.07) is 13.1. The zero-order valence-electron chi connectivity index (χ0n) is 17.2. The molecule has 7 nitrogen and oxygen atoms in total. The number of carbonyl (C=O) groups excluding carboxylic acids is 1. The summed E-state index contributed by atoms with van der Waals surface area (Å²) < 4.78 is 46.6. The Morgan fingerprint density at radius 1 is 1.09 bits per heavy atom. The largest absolute Gasteiger partial charge is 0.491 e. The molecule has 4 rings (SSSR count). The van der Waals surface area contributed by atoms with Gasteiger partial charge in [-0.15, -0.1) is 0 Å². The zero-order valence-corrected chi connectivity index (χ0v) is 18.0. The van der Waals surface area contributed by atoms with Crippen LogP contribution in [0, 0.1) is 5.82 Å². The predicted molar refractivity (Wildman–Crippen MR) is 116 cm³/mol. The molecule has 0 spiro atoms. The first-order valence-electron chi connectivity index (χ1n) is 9.86. The van der Waals surface area contributed by atoms with E-state index < -0.39 is 15.7 Å². The Balaban J connectivity index is 1.45. The second-order valence-electron chi connectivity index (χ2n) is 6.97. The first-order valence-corrected chi connectivity index (χ1v) is 11.3. The van der Waals surface area contributed by atoms with Crippen LogP contribution in [0.5, 0.6) is 5.75 Å². The Morgan fingerprint density at radius 2 is 1.84 bits per heavy atom. The van der Waals surface area contributed by atoms with Crippen LogP contribution in [0.3, 0.4) is 0 Å². The molecule has 0 radical (unpaired) electrons. The number of ether oxygens (including phenoxy) is 1. The normalized spacial score (nSPS) is 11.4. The van der Waals surface area contributed by atoms with Gasteiger partial charge in [0.1, 0.15) is 5.65 Å². The van der Waals surface area contributed by atoms with Crippen molar-refractivity contribution in [2.24, 2.45) is 0 Å².